The third kappa shape index (κ3) is 6.05. The second-order valence-electron chi connectivity index (χ2n) is 10.6. The second-order valence-corrected chi connectivity index (χ2v) is 12.3. The summed E-state index contributed by atoms with van der Waals surface area (Å²) < 4.78 is 96.7. The summed E-state index contributed by atoms with van der Waals surface area (Å²) in [4.78, 5) is 23.9. The number of alkyl halides is 4. The number of nitrogens with one attached hydrogen (secondary N) is 1. The maximum absolute atomic E-state index is 15.6. The molecule has 2 aromatic carbocycles. The molecule has 18 heteroatoms. The first kappa shape index (κ1) is 32.5. The Morgan fingerprint density at radius 3 is 2.58 bits per heavy atom. The Balaban J connectivity index is 1.50. The van der Waals surface area contributed by atoms with Gasteiger partial charge in [0.15, 0.2) is 23.2 Å². The van der Waals surface area contributed by atoms with E-state index in [1.165, 1.54) is 13.0 Å². The molecule has 4 aromatic rings. The van der Waals surface area contributed by atoms with Crippen LogP contribution in [-0.2, 0) is 23.4 Å². The number of anilines is 1. The Morgan fingerprint density at radius 1 is 1.16 bits per heavy atom. The van der Waals surface area contributed by atoms with Gasteiger partial charge in [-0.2, -0.15) is 13.9 Å². The number of aromatic nitrogens is 4. The van der Waals surface area contributed by atoms with Crippen molar-refractivity contribution >= 4 is 41.5 Å². The number of rotatable bonds is 11. The molecule has 5 atom stereocenters. The van der Waals surface area contributed by atoms with E-state index in [4.69, 9.17) is 24.3 Å². The smallest absolute Gasteiger partial charge is 0.459 e. The first-order valence-electron chi connectivity index (χ1n) is 13.5. The van der Waals surface area contributed by atoms with Gasteiger partial charge in [-0.15, -0.1) is 0 Å². The SMILES string of the molecule is CC(C)OC(=O)C(C)NP(=O)(OCC1(C(F)F)OC(n2cnc3c(N)ncnc32)C(F)(F)C1O)Oc1cccc2ccccc12. The van der Waals surface area contributed by atoms with Crippen molar-refractivity contribution in [1.82, 2.24) is 24.6 Å². The summed E-state index contributed by atoms with van der Waals surface area (Å²) in [6.07, 6.45) is -8.38. The van der Waals surface area contributed by atoms with E-state index >= 15 is 8.78 Å². The van der Waals surface area contributed by atoms with Crippen LogP contribution >= 0.6 is 7.75 Å². The molecule has 0 spiro atoms. The van der Waals surface area contributed by atoms with Gasteiger partial charge in [-0.25, -0.2) is 28.3 Å². The number of fused-ring (bicyclic) bond motifs is 2. The van der Waals surface area contributed by atoms with Crippen molar-refractivity contribution < 1.29 is 50.5 Å². The molecule has 45 heavy (non-hydrogen) atoms. The summed E-state index contributed by atoms with van der Waals surface area (Å²) in [5, 5.41) is 14.1. The van der Waals surface area contributed by atoms with Crippen LogP contribution in [0.1, 0.15) is 27.0 Å². The predicted molar refractivity (Wildman–Crippen MR) is 152 cm³/mol. The number of aliphatic hydroxyl groups excluding tert-OH is 1. The molecule has 5 unspecified atom stereocenters. The van der Waals surface area contributed by atoms with Crippen LogP contribution in [0.2, 0.25) is 0 Å². The molecule has 242 valence electrons. The molecule has 1 saturated heterocycles. The Morgan fingerprint density at radius 2 is 1.87 bits per heavy atom. The molecular weight excluding hydrogens is 627 g/mol. The van der Waals surface area contributed by atoms with E-state index in [9.17, 15) is 23.2 Å². The standard InChI is InChI=1S/C27H29F4N6O7P/c1-14(2)42-22(38)15(3)36-45(40,44-18-10-6-8-16-7-4-5-9-17(16)18)41-11-26(24(28)29)23(39)27(30,31)25(43-26)37-13-35-19-20(32)33-12-34-21(19)37/h4-10,12-15,23-25,39H,11H2,1-3H3,(H,36,40)(H2,32,33,34). The van der Waals surface area contributed by atoms with Gasteiger partial charge < -0.3 is 24.8 Å². The fourth-order valence-electron chi connectivity index (χ4n) is 4.75. The molecule has 5 rings (SSSR count). The molecular formula is C27H29F4N6O7P. The largest absolute Gasteiger partial charge is 0.462 e. The highest BCUT2D eigenvalue weighted by molar-refractivity contribution is 7.52. The van der Waals surface area contributed by atoms with Crippen molar-refractivity contribution in [3.05, 3.63) is 55.1 Å². The lowest BCUT2D eigenvalue weighted by Gasteiger charge is -2.32. The fourth-order valence-corrected chi connectivity index (χ4v) is 6.30. The summed E-state index contributed by atoms with van der Waals surface area (Å²) >= 11 is 0. The van der Waals surface area contributed by atoms with Crippen LogP contribution < -0.4 is 15.3 Å². The number of nitrogens with zero attached hydrogens (tertiary/aromatic N) is 4. The average molecular weight is 657 g/mol. The Labute approximate surface area is 253 Å². The molecule has 0 bridgehead atoms. The minimum absolute atomic E-state index is 0.0438. The number of hydrogen-bond acceptors (Lipinski definition) is 11. The van der Waals surface area contributed by atoms with Crippen LogP contribution in [0.4, 0.5) is 23.4 Å². The lowest BCUT2D eigenvalue weighted by Crippen LogP contribution is -2.54. The van der Waals surface area contributed by atoms with Crippen molar-refractivity contribution in [1.29, 1.82) is 0 Å². The maximum Gasteiger partial charge on any atom is 0.459 e. The average Bonchev–Trinajstić information content (AvgIpc) is 3.49. The number of halogens is 4. The van der Waals surface area contributed by atoms with Gasteiger partial charge >= 0.3 is 19.6 Å². The molecule has 4 N–H and O–H groups in total. The normalized spacial score (nSPS) is 23.4. The molecule has 3 heterocycles. The van der Waals surface area contributed by atoms with E-state index < -0.39 is 62.7 Å². The number of carbonyl (C=O) groups excluding carboxylic acids is 1. The lowest BCUT2D eigenvalue weighted by molar-refractivity contribution is -0.191. The van der Waals surface area contributed by atoms with Gasteiger partial charge in [0.05, 0.1) is 19.0 Å². The molecule has 1 fully saturated rings. The highest BCUT2D eigenvalue weighted by atomic mass is 31.2. The van der Waals surface area contributed by atoms with Gasteiger partial charge in [0.2, 0.25) is 6.23 Å². The van der Waals surface area contributed by atoms with Crippen molar-refractivity contribution in [2.75, 3.05) is 12.3 Å². The first-order valence-corrected chi connectivity index (χ1v) is 15.1. The summed E-state index contributed by atoms with van der Waals surface area (Å²) in [5.41, 5.74) is 1.87. The number of carbonyl (C=O) groups is 1. The monoisotopic (exact) mass is 656 g/mol. The zero-order valence-corrected chi connectivity index (χ0v) is 24.9. The van der Waals surface area contributed by atoms with Gasteiger partial charge in [0.25, 0.3) is 6.43 Å². The predicted octanol–water partition coefficient (Wildman–Crippen LogP) is 4.22. The highest BCUT2D eigenvalue weighted by Crippen LogP contribution is 2.54. The molecule has 0 aliphatic carbocycles. The van der Waals surface area contributed by atoms with Crippen molar-refractivity contribution in [2.45, 2.75) is 63.2 Å². The van der Waals surface area contributed by atoms with E-state index in [0.29, 0.717) is 15.3 Å². The summed E-state index contributed by atoms with van der Waals surface area (Å²) in [6, 6.07) is 10.0. The zero-order chi connectivity index (χ0) is 32.7. The summed E-state index contributed by atoms with van der Waals surface area (Å²) in [6.45, 7) is 2.81. The van der Waals surface area contributed by atoms with E-state index in [0.717, 1.165) is 12.7 Å². The molecule has 0 saturated carbocycles. The van der Waals surface area contributed by atoms with Crippen molar-refractivity contribution in [3.63, 3.8) is 0 Å². The topological polar surface area (TPSA) is 173 Å². The van der Waals surface area contributed by atoms with E-state index in [1.807, 2.05) is 0 Å². The zero-order valence-electron chi connectivity index (χ0n) is 24.0. The third-order valence-electron chi connectivity index (χ3n) is 6.98. The summed E-state index contributed by atoms with van der Waals surface area (Å²) in [5.74, 6) is -5.49. The van der Waals surface area contributed by atoms with Gasteiger partial charge in [0.1, 0.15) is 23.6 Å². The minimum atomic E-state index is -4.90. The van der Waals surface area contributed by atoms with Crippen LogP contribution in [0.15, 0.2) is 55.1 Å². The van der Waals surface area contributed by atoms with Gasteiger partial charge in [-0.3, -0.25) is 13.9 Å². The minimum Gasteiger partial charge on any atom is -0.462 e. The van der Waals surface area contributed by atoms with Crippen molar-refractivity contribution in [3.8, 4) is 5.75 Å². The van der Waals surface area contributed by atoms with Crippen LogP contribution in [-0.4, -0.2) is 73.4 Å². The second kappa shape index (κ2) is 12.1. The molecule has 0 radical (unpaired) electrons. The Kier molecular flexibility index (Phi) is 8.76. The van der Waals surface area contributed by atoms with E-state index in [1.54, 1.807) is 50.2 Å². The Bertz CT molecular complexity index is 1760. The molecule has 1 aliphatic heterocycles. The number of benzene rings is 2. The van der Waals surface area contributed by atoms with Crippen molar-refractivity contribution in [2.24, 2.45) is 0 Å². The number of hydrogen-bond donors (Lipinski definition) is 3. The van der Waals surface area contributed by atoms with Gasteiger partial charge in [-0.05, 0) is 32.2 Å². The molecule has 0 amide bonds. The van der Waals surface area contributed by atoms with Gasteiger partial charge in [-0.1, -0.05) is 36.4 Å². The molecule has 1 aliphatic rings. The maximum atomic E-state index is 15.6. The lowest BCUT2D eigenvalue weighted by atomic mass is 9.96. The van der Waals surface area contributed by atoms with Crippen LogP contribution in [0.25, 0.3) is 21.9 Å². The first-order chi connectivity index (χ1) is 21.2. The van der Waals surface area contributed by atoms with E-state index in [2.05, 4.69) is 20.0 Å². The quantitative estimate of drug-likeness (QED) is 0.119. The number of imidazole rings is 1. The van der Waals surface area contributed by atoms with Crippen LogP contribution in [0.3, 0.4) is 0 Å². The fraction of sp³-hybridized carbons (Fsp3) is 0.407. The Hall–Kier alpha value is -3.89. The van der Waals surface area contributed by atoms with E-state index in [-0.39, 0.29) is 22.7 Å². The number of aliphatic hydroxyl groups is 1. The summed E-state index contributed by atoms with van der Waals surface area (Å²) in [7, 11) is -4.90. The number of ether oxygens (including phenoxy) is 2. The highest BCUT2D eigenvalue weighted by Gasteiger charge is 2.71. The van der Waals surface area contributed by atoms with Crippen LogP contribution in [0, 0.1) is 0 Å². The number of esters is 1. The molecule has 2 aromatic heterocycles. The van der Waals surface area contributed by atoms with Gasteiger partial charge in [0, 0.05) is 5.39 Å². The number of nitrogens with two attached hydrogens (primary N) is 1. The third-order valence-corrected chi connectivity index (χ3v) is 8.59. The van der Waals surface area contributed by atoms with Crippen LogP contribution in [0.5, 0.6) is 5.75 Å². The molecule has 13 nitrogen and oxygen atoms in total. The number of nitrogen functional groups attached to an aromatic ring is 1.